The Balaban J connectivity index is 1.74. The minimum absolute atomic E-state index is 0.218. The Morgan fingerprint density at radius 3 is 2.43 bits per heavy atom. The number of fused-ring (bicyclic) bond motifs is 1. The molecule has 9 nitrogen and oxygen atoms in total. The average Bonchev–Trinajstić information content (AvgIpc) is 2.76. The molecule has 3 heterocycles. The SMILES string of the molecule is CN1CCN(C(=O)Cn2c(=O)c3cccnc3n(Cc3ccc(N)cc3)c2=O)CC1. The van der Waals surface area contributed by atoms with E-state index >= 15 is 0 Å². The van der Waals surface area contributed by atoms with E-state index < -0.39 is 11.2 Å². The molecule has 1 amide bonds. The highest BCUT2D eigenvalue weighted by Crippen LogP contribution is 2.10. The van der Waals surface area contributed by atoms with E-state index in [0.29, 0.717) is 29.8 Å². The van der Waals surface area contributed by atoms with Gasteiger partial charge in [0.05, 0.1) is 11.9 Å². The number of likely N-dealkylation sites (N-methyl/N-ethyl adjacent to an activating group) is 1. The van der Waals surface area contributed by atoms with Gasteiger partial charge in [-0.25, -0.2) is 9.78 Å². The second-order valence-corrected chi connectivity index (χ2v) is 7.56. The van der Waals surface area contributed by atoms with Crippen LogP contribution >= 0.6 is 0 Å². The molecule has 3 aromatic rings. The lowest BCUT2D eigenvalue weighted by atomic mass is 10.2. The fourth-order valence-electron chi connectivity index (χ4n) is 3.63. The largest absolute Gasteiger partial charge is 0.399 e. The molecule has 2 N–H and O–H groups in total. The summed E-state index contributed by atoms with van der Waals surface area (Å²) in [5.41, 5.74) is 6.46. The third-order valence-corrected chi connectivity index (χ3v) is 5.45. The van der Waals surface area contributed by atoms with Crippen LogP contribution in [0.15, 0.2) is 52.2 Å². The molecule has 30 heavy (non-hydrogen) atoms. The van der Waals surface area contributed by atoms with Crippen LogP contribution in [0.25, 0.3) is 11.0 Å². The zero-order valence-electron chi connectivity index (χ0n) is 16.8. The molecular formula is C21H24N6O3. The molecule has 1 aliphatic rings. The molecule has 0 atom stereocenters. The molecule has 1 aliphatic heterocycles. The first-order chi connectivity index (χ1) is 14.4. The normalized spacial score (nSPS) is 14.9. The fourth-order valence-corrected chi connectivity index (χ4v) is 3.63. The summed E-state index contributed by atoms with van der Waals surface area (Å²) in [5, 5.41) is 0.304. The Labute approximate surface area is 173 Å². The number of pyridine rings is 1. The van der Waals surface area contributed by atoms with Gasteiger partial charge in [0.25, 0.3) is 5.56 Å². The van der Waals surface area contributed by atoms with E-state index in [1.165, 1.54) is 4.57 Å². The topological polar surface area (TPSA) is 106 Å². The van der Waals surface area contributed by atoms with Gasteiger partial charge >= 0.3 is 5.69 Å². The van der Waals surface area contributed by atoms with Crippen LogP contribution in [0.2, 0.25) is 0 Å². The van der Waals surface area contributed by atoms with Gasteiger partial charge in [0, 0.05) is 38.1 Å². The lowest BCUT2D eigenvalue weighted by Crippen LogP contribution is -2.50. The lowest BCUT2D eigenvalue weighted by molar-refractivity contribution is -0.133. The van der Waals surface area contributed by atoms with E-state index in [4.69, 9.17) is 5.73 Å². The van der Waals surface area contributed by atoms with E-state index in [2.05, 4.69) is 9.88 Å². The molecule has 2 aromatic heterocycles. The van der Waals surface area contributed by atoms with Gasteiger partial charge < -0.3 is 15.5 Å². The van der Waals surface area contributed by atoms with E-state index in [9.17, 15) is 14.4 Å². The van der Waals surface area contributed by atoms with E-state index in [1.807, 2.05) is 19.2 Å². The third kappa shape index (κ3) is 3.84. The van der Waals surface area contributed by atoms with Crippen LogP contribution in [-0.4, -0.2) is 63.1 Å². The van der Waals surface area contributed by atoms with Crippen molar-refractivity contribution < 1.29 is 4.79 Å². The second kappa shape index (κ2) is 8.11. The predicted octanol–water partition coefficient (Wildman–Crippen LogP) is -0.0373. The van der Waals surface area contributed by atoms with Crippen molar-refractivity contribution in [3.63, 3.8) is 0 Å². The van der Waals surface area contributed by atoms with Gasteiger partial charge in [-0.05, 0) is 36.9 Å². The number of amides is 1. The van der Waals surface area contributed by atoms with Gasteiger partial charge in [-0.15, -0.1) is 0 Å². The molecule has 9 heteroatoms. The summed E-state index contributed by atoms with van der Waals surface area (Å²) in [6.45, 7) is 2.63. The number of nitrogens with two attached hydrogens (primary N) is 1. The highest BCUT2D eigenvalue weighted by atomic mass is 16.2. The minimum Gasteiger partial charge on any atom is -0.399 e. The number of nitrogens with zero attached hydrogens (tertiary/aromatic N) is 5. The standard InChI is InChI=1S/C21H24N6O3/c1-24-9-11-25(12-10-24)18(28)14-27-20(29)17-3-2-8-23-19(17)26(21(27)30)13-15-4-6-16(22)7-5-15/h2-8H,9-14,22H2,1H3. The van der Waals surface area contributed by atoms with Crippen molar-refractivity contribution >= 4 is 22.6 Å². The maximum atomic E-state index is 13.2. The number of aromatic nitrogens is 3. The van der Waals surface area contributed by atoms with Gasteiger partial charge in [0.2, 0.25) is 5.91 Å². The molecule has 0 bridgehead atoms. The smallest absolute Gasteiger partial charge is 0.333 e. The number of rotatable bonds is 4. The molecule has 156 valence electrons. The van der Waals surface area contributed by atoms with Gasteiger partial charge in [-0.1, -0.05) is 12.1 Å². The van der Waals surface area contributed by atoms with Crippen LogP contribution < -0.4 is 17.0 Å². The number of anilines is 1. The Bertz CT molecular complexity index is 1190. The third-order valence-electron chi connectivity index (χ3n) is 5.45. The van der Waals surface area contributed by atoms with Crippen LogP contribution in [-0.2, 0) is 17.9 Å². The minimum atomic E-state index is -0.550. The Kier molecular flexibility index (Phi) is 5.37. The Morgan fingerprint density at radius 2 is 1.73 bits per heavy atom. The predicted molar refractivity (Wildman–Crippen MR) is 114 cm³/mol. The maximum absolute atomic E-state index is 13.2. The Morgan fingerprint density at radius 1 is 1.03 bits per heavy atom. The van der Waals surface area contributed by atoms with Gasteiger partial charge in [0.15, 0.2) is 0 Å². The highest BCUT2D eigenvalue weighted by molar-refractivity contribution is 5.77. The Hall–Kier alpha value is -3.46. The monoisotopic (exact) mass is 408 g/mol. The van der Waals surface area contributed by atoms with Crippen molar-refractivity contribution in [2.24, 2.45) is 0 Å². The molecule has 0 aliphatic carbocycles. The van der Waals surface area contributed by atoms with Gasteiger partial charge in [0.1, 0.15) is 12.2 Å². The van der Waals surface area contributed by atoms with E-state index in [1.54, 1.807) is 35.4 Å². The molecule has 0 spiro atoms. The summed E-state index contributed by atoms with van der Waals surface area (Å²) in [4.78, 5) is 47.1. The molecule has 0 saturated carbocycles. The van der Waals surface area contributed by atoms with Crippen molar-refractivity contribution in [3.8, 4) is 0 Å². The number of carbonyl (C=O) groups is 1. The number of hydrogen-bond donors (Lipinski definition) is 1. The highest BCUT2D eigenvalue weighted by Gasteiger charge is 2.22. The van der Waals surface area contributed by atoms with Gasteiger partial charge in [-0.3, -0.25) is 18.7 Å². The number of carbonyl (C=O) groups excluding carboxylic acids is 1. The van der Waals surface area contributed by atoms with Crippen molar-refractivity contribution in [2.75, 3.05) is 39.0 Å². The van der Waals surface area contributed by atoms with Crippen molar-refractivity contribution in [2.45, 2.75) is 13.1 Å². The molecule has 4 rings (SSSR count). The zero-order valence-corrected chi connectivity index (χ0v) is 16.8. The maximum Gasteiger partial charge on any atom is 0.333 e. The van der Waals surface area contributed by atoms with Crippen LogP contribution in [0, 0.1) is 0 Å². The molecular weight excluding hydrogens is 384 g/mol. The zero-order chi connectivity index (χ0) is 21.3. The van der Waals surface area contributed by atoms with Crippen LogP contribution in [0.3, 0.4) is 0 Å². The van der Waals surface area contributed by atoms with Crippen molar-refractivity contribution in [3.05, 3.63) is 69.0 Å². The van der Waals surface area contributed by atoms with Crippen LogP contribution in [0.4, 0.5) is 5.69 Å². The van der Waals surface area contributed by atoms with Crippen LogP contribution in [0.1, 0.15) is 5.56 Å². The second-order valence-electron chi connectivity index (χ2n) is 7.56. The average molecular weight is 408 g/mol. The first-order valence-electron chi connectivity index (χ1n) is 9.83. The van der Waals surface area contributed by atoms with Crippen LogP contribution in [0.5, 0.6) is 0 Å². The molecule has 1 aromatic carbocycles. The first kappa shape index (κ1) is 19.8. The van der Waals surface area contributed by atoms with Crippen molar-refractivity contribution in [1.82, 2.24) is 23.9 Å². The number of hydrogen-bond acceptors (Lipinski definition) is 6. The fraction of sp³-hybridized carbons (Fsp3) is 0.333. The van der Waals surface area contributed by atoms with E-state index in [-0.39, 0.29) is 19.0 Å². The summed E-state index contributed by atoms with van der Waals surface area (Å²) < 4.78 is 2.45. The van der Waals surface area contributed by atoms with Gasteiger partial charge in [-0.2, -0.15) is 0 Å². The summed E-state index contributed by atoms with van der Waals surface area (Å²) >= 11 is 0. The number of nitrogen functional groups attached to an aromatic ring is 1. The molecule has 0 radical (unpaired) electrons. The van der Waals surface area contributed by atoms with E-state index in [0.717, 1.165) is 23.2 Å². The number of benzene rings is 1. The number of piperazine rings is 1. The molecule has 0 unspecified atom stereocenters. The summed E-state index contributed by atoms with van der Waals surface area (Å²) in [6, 6.07) is 10.4. The lowest BCUT2D eigenvalue weighted by Gasteiger charge is -2.32. The van der Waals surface area contributed by atoms with Crippen molar-refractivity contribution in [1.29, 1.82) is 0 Å². The molecule has 1 saturated heterocycles. The summed E-state index contributed by atoms with van der Waals surface area (Å²) in [5.74, 6) is -0.232. The first-order valence-corrected chi connectivity index (χ1v) is 9.83. The quantitative estimate of drug-likeness (QED) is 0.608. The summed E-state index contributed by atoms with van der Waals surface area (Å²) in [6.07, 6.45) is 1.54. The molecule has 1 fully saturated rings. The summed E-state index contributed by atoms with van der Waals surface area (Å²) in [7, 11) is 2.00.